The van der Waals surface area contributed by atoms with Crippen LogP contribution in [0.2, 0.25) is 0 Å². The van der Waals surface area contributed by atoms with Crippen LogP contribution in [0.1, 0.15) is 11.4 Å². The summed E-state index contributed by atoms with van der Waals surface area (Å²) in [5.41, 5.74) is 2.83. The third-order valence-electron chi connectivity index (χ3n) is 2.98. The normalized spacial score (nSPS) is 13.0. The molecule has 1 aromatic carbocycles. The van der Waals surface area contributed by atoms with E-state index in [-0.39, 0.29) is 13.4 Å². The summed E-state index contributed by atoms with van der Waals surface area (Å²) in [5, 5.41) is 8.96. The zero-order valence-corrected chi connectivity index (χ0v) is 10.1. The predicted molar refractivity (Wildman–Crippen MR) is 65.7 cm³/mol. The molecule has 18 heavy (non-hydrogen) atoms. The van der Waals surface area contributed by atoms with Crippen LogP contribution in [0.4, 0.5) is 0 Å². The van der Waals surface area contributed by atoms with Gasteiger partial charge in [-0.1, -0.05) is 0 Å². The Labute approximate surface area is 104 Å². The Morgan fingerprint density at radius 3 is 3.00 bits per heavy atom. The number of hydrogen-bond donors (Lipinski definition) is 2. The van der Waals surface area contributed by atoms with Gasteiger partial charge in [-0.3, -0.25) is 0 Å². The van der Waals surface area contributed by atoms with Crippen molar-refractivity contribution in [1.82, 2.24) is 9.97 Å². The Kier molecular flexibility index (Phi) is 2.68. The molecule has 3 rings (SSSR count). The lowest BCUT2D eigenvalue weighted by molar-refractivity contribution is 0.174. The molecule has 0 bridgehead atoms. The van der Waals surface area contributed by atoms with Gasteiger partial charge in [0.15, 0.2) is 11.5 Å². The molecule has 0 amide bonds. The maximum absolute atomic E-state index is 8.96. The number of imidazole rings is 1. The molecular weight excluding hydrogens is 232 g/mol. The number of aryl methyl sites for hydroxylation is 1. The van der Waals surface area contributed by atoms with Crippen LogP contribution in [-0.2, 0) is 6.42 Å². The summed E-state index contributed by atoms with van der Waals surface area (Å²) in [6.45, 7) is 2.33. The largest absolute Gasteiger partial charge is 0.454 e. The summed E-state index contributed by atoms with van der Waals surface area (Å²) in [4.78, 5) is 7.70. The molecule has 1 aliphatic rings. The molecule has 94 valence electrons. The van der Waals surface area contributed by atoms with Crippen molar-refractivity contribution in [1.29, 1.82) is 0 Å². The molecule has 2 aromatic rings. The molecule has 1 aliphatic heterocycles. The number of fused-ring (bicyclic) bond motifs is 1. The van der Waals surface area contributed by atoms with Crippen LogP contribution in [0.3, 0.4) is 0 Å². The Balaban J connectivity index is 1.97. The number of aliphatic hydroxyl groups is 1. The van der Waals surface area contributed by atoms with Gasteiger partial charge in [-0.25, -0.2) is 4.98 Å². The SMILES string of the molecule is Cc1[nH]c(-c2ccc3c(c2)OCO3)nc1CCO. The highest BCUT2D eigenvalue weighted by molar-refractivity contribution is 5.62. The number of rotatable bonds is 3. The number of ether oxygens (including phenoxy) is 2. The molecule has 0 unspecified atom stereocenters. The zero-order valence-electron chi connectivity index (χ0n) is 10.1. The number of aliphatic hydroxyl groups excluding tert-OH is 1. The van der Waals surface area contributed by atoms with E-state index < -0.39 is 0 Å². The maximum atomic E-state index is 8.96. The van der Waals surface area contributed by atoms with E-state index in [1.165, 1.54) is 0 Å². The lowest BCUT2D eigenvalue weighted by atomic mass is 10.2. The first kappa shape index (κ1) is 11.1. The minimum atomic E-state index is 0.103. The second-order valence-electron chi connectivity index (χ2n) is 4.20. The Hall–Kier alpha value is -2.01. The van der Waals surface area contributed by atoms with Crippen molar-refractivity contribution in [3.63, 3.8) is 0 Å². The molecule has 2 heterocycles. The molecular formula is C13H14N2O3. The van der Waals surface area contributed by atoms with E-state index in [1.807, 2.05) is 25.1 Å². The van der Waals surface area contributed by atoms with E-state index in [0.29, 0.717) is 6.42 Å². The first-order chi connectivity index (χ1) is 8.78. The molecule has 2 N–H and O–H groups in total. The lowest BCUT2D eigenvalue weighted by Gasteiger charge is -1.99. The Morgan fingerprint density at radius 2 is 2.17 bits per heavy atom. The molecule has 0 atom stereocenters. The second-order valence-corrected chi connectivity index (χ2v) is 4.20. The molecule has 0 spiro atoms. The molecule has 5 nitrogen and oxygen atoms in total. The summed E-state index contributed by atoms with van der Waals surface area (Å²) >= 11 is 0. The molecule has 1 aromatic heterocycles. The van der Waals surface area contributed by atoms with Gasteiger partial charge in [0.05, 0.1) is 5.69 Å². The predicted octanol–water partition coefficient (Wildman–Crippen LogP) is 1.65. The van der Waals surface area contributed by atoms with Crippen molar-refractivity contribution in [3.05, 3.63) is 29.6 Å². The van der Waals surface area contributed by atoms with Crippen LogP contribution in [0, 0.1) is 6.92 Å². The van der Waals surface area contributed by atoms with Crippen LogP contribution >= 0.6 is 0 Å². The number of nitrogens with zero attached hydrogens (tertiary/aromatic N) is 1. The quantitative estimate of drug-likeness (QED) is 0.864. The fourth-order valence-electron chi connectivity index (χ4n) is 2.03. The highest BCUT2D eigenvalue weighted by atomic mass is 16.7. The highest BCUT2D eigenvalue weighted by Gasteiger charge is 2.15. The number of benzene rings is 1. The van der Waals surface area contributed by atoms with Gasteiger partial charge in [0.1, 0.15) is 5.82 Å². The minimum absolute atomic E-state index is 0.103. The van der Waals surface area contributed by atoms with Crippen molar-refractivity contribution < 1.29 is 14.6 Å². The first-order valence-corrected chi connectivity index (χ1v) is 5.84. The minimum Gasteiger partial charge on any atom is -0.454 e. The van der Waals surface area contributed by atoms with Crippen molar-refractivity contribution in [2.45, 2.75) is 13.3 Å². The average Bonchev–Trinajstić information content (AvgIpc) is 2.96. The molecule has 0 saturated heterocycles. The van der Waals surface area contributed by atoms with E-state index in [4.69, 9.17) is 14.6 Å². The standard InChI is InChI=1S/C13H14N2O3/c1-8-10(4-5-16)15-13(14-8)9-2-3-11-12(6-9)18-7-17-11/h2-3,6,16H,4-5,7H2,1H3,(H,14,15). The number of aromatic nitrogens is 2. The average molecular weight is 246 g/mol. The van der Waals surface area contributed by atoms with Gasteiger partial charge in [-0.2, -0.15) is 0 Å². The van der Waals surface area contributed by atoms with Gasteiger partial charge >= 0.3 is 0 Å². The van der Waals surface area contributed by atoms with Crippen LogP contribution in [-0.4, -0.2) is 28.5 Å². The van der Waals surface area contributed by atoms with Crippen LogP contribution in [0.5, 0.6) is 11.5 Å². The van der Waals surface area contributed by atoms with Gasteiger partial charge in [-0.15, -0.1) is 0 Å². The third kappa shape index (κ3) is 1.82. The third-order valence-corrected chi connectivity index (χ3v) is 2.98. The molecule has 0 aliphatic carbocycles. The summed E-state index contributed by atoms with van der Waals surface area (Å²) in [6, 6.07) is 5.72. The van der Waals surface area contributed by atoms with E-state index in [1.54, 1.807) is 0 Å². The molecule has 0 saturated carbocycles. The number of nitrogens with one attached hydrogen (secondary N) is 1. The number of hydrogen-bond acceptors (Lipinski definition) is 4. The number of aromatic amines is 1. The Bertz CT molecular complexity index is 578. The smallest absolute Gasteiger partial charge is 0.231 e. The summed E-state index contributed by atoms with van der Waals surface area (Å²) in [5.74, 6) is 2.29. The van der Waals surface area contributed by atoms with E-state index in [0.717, 1.165) is 34.3 Å². The molecule has 0 radical (unpaired) electrons. The van der Waals surface area contributed by atoms with Gasteiger partial charge in [0.2, 0.25) is 6.79 Å². The van der Waals surface area contributed by atoms with Crippen molar-refractivity contribution in [2.75, 3.05) is 13.4 Å². The second kappa shape index (κ2) is 4.34. The fourth-order valence-corrected chi connectivity index (χ4v) is 2.03. The van der Waals surface area contributed by atoms with E-state index in [9.17, 15) is 0 Å². The Morgan fingerprint density at radius 1 is 1.33 bits per heavy atom. The van der Waals surface area contributed by atoms with E-state index in [2.05, 4.69) is 9.97 Å². The highest BCUT2D eigenvalue weighted by Crippen LogP contribution is 2.35. The van der Waals surface area contributed by atoms with Crippen LogP contribution in [0.25, 0.3) is 11.4 Å². The van der Waals surface area contributed by atoms with Crippen molar-refractivity contribution in [3.8, 4) is 22.9 Å². The summed E-state index contributed by atoms with van der Waals surface area (Å²) < 4.78 is 10.6. The maximum Gasteiger partial charge on any atom is 0.231 e. The monoisotopic (exact) mass is 246 g/mol. The van der Waals surface area contributed by atoms with Gasteiger partial charge in [0.25, 0.3) is 0 Å². The zero-order chi connectivity index (χ0) is 12.5. The van der Waals surface area contributed by atoms with Crippen LogP contribution < -0.4 is 9.47 Å². The molecule has 5 heteroatoms. The fraction of sp³-hybridized carbons (Fsp3) is 0.308. The number of H-pyrrole nitrogens is 1. The summed E-state index contributed by atoms with van der Waals surface area (Å²) in [6.07, 6.45) is 0.562. The first-order valence-electron chi connectivity index (χ1n) is 5.84. The topological polar surface area (TPSA) is 67.4 Å². The van der Waals surface area contributed by atoms with Crippen molar-refractivity contribution >= 4 is 0 Å². The molecule has 0 fully saturated rings. The van der Waals surface area contributed by atoms with Gasteiger partial charge < -0.3 is 19.6 Å². The van der Waals surface area contributed by atoms with Crippen molar-refractivity contribution in [2.24, 2.45) is 0 Å². The summed E-state index contributed by atoms with van der Waals surface area (Å²) in [7, 11) is 0. The lowest BCUT2D eigenvalue weighted by Crippen LogP contribution is -1.93. The van der Waals surface area contributed by atoms with E-state index >= 15 is 0 Å². The van der Waals surface area contributed by atoms with Gasteiger partial charge in [-0.05, 0) is 25.1 Å². The van der Waals surface area contributed by atoms with Gasteiger partial charge in [0, 0.05) is 24.3 Å². The van der Waals surface area contributed by atoms with Crippen LogP contribution in [0.15, 0.2) is 18.2 Å².